The van der Waals surface area contributed by atoms with Crippen LogP contribution in [0.4, 0.5) is 0 Å². The molecule has 1 aliphatic rings. The summed E-state index contributed by atoms with van der Waals surface area (Å²) in [4.78, 5) is 0. The van der Waals surface area contributed by atoms with Crippen LogP contribution < -0.4 is 0 Å². The second-order valence-corrected chi connectivity index (χ2v) is 6.66. The molecule has 4 atom stereocenters. The average Bonchev–Trinajstić information content (AvgIpc) is 2.57. The van der Waals surface area contributed by atoms with Gasteiger partial charge in [-0.3, -0.25) is 4.21 Å². The first kappa shape index (κ1) is 12.5. The quantitative estimate of drug-likeness (QED) is 0.738. The maximum Gasteiger partial charge on any atom is 0.0954 e. The van der Waals surface area contributed by atoms with Crippen LogP contribution in [0.15, 0.2) is 0 Å². The van der Waals surface area contributed by atoms with E-state index in [0.717, 1.165) is 12.8 Å². The highest BCUT2D eigenvalue weighted by atomic mass is 32.2. The third-order valence-corrected chi connectivity index (χ3v) is 6.60. The van der Waals surface area contributed by atoms with Crippen LogP contribution in [0.3, 0.4) is 0 Å². The zero-order chi connectivity index (χ0) is 10.8. The number of hydrogen-bond donors (Lipinski definition) is 0. The fraction of sp³-hybridized carbons (Fsp3) is 1.00. The number of rotatable bonds is 4. The van der Waals surface area contributed by atoms with Crippen molar-refractivity contribution in [2.24, 2.45) is 0 Å². The van der Waals surface area contributed by atoms with E-state index in [1.807, 2.05) is 6.26 Å². The summed E-state index contributed by atoms with van der Waals surface area (Å²) >= 11 is 1.67. The molecule has 0 saturated heterocycles. The first-order valence-electron chi connectivity index (χ1n) is 4.54. The molecular formula is C9H18O3S2. The van der Waals surface area contributed by atoms with Gasteiger partial charge in [-0.05, 0) is 6.26 Å². The molecule has 3 nitrogen and oxygen atoms in total. The Morgan fingerprint density at radius 1 is 1.29 bits per heavy atom. The molecule has 0 amide bonds. The molecule has 5 heteroatoms. The molecule has 1 aliphatic carbocycles. The Kier molecular flexibility index (Phi) is 4.43. The first-order valence-corrected chi connectivity index (χ1v) is 7.32. The molecule has 0 aromatic heterocycles. The zero-order valence-electron chi connectivity index (χ0n) is 9.11. The molecule has 0 bridgehead atoms. The second kappa shape index (κ2) is 4.96. The van der Waals surface area contributed by atoms with Crippen molar-refractivity contribution in [1.82, 2.24) is 0 Å². The number of thioether (sulfide) groups is 1. The predicted octanol–water partition coefficient (Wildman–Crippen LogP) is 1.25. The van der Waals surface area contributed by atoms with E-state index in [2.05, 4.69) is 0 Å². The lowest BCUT2D eigenvalue weighted by molar-refractivity contribution is -0.0157. The van der Waals surface area contributed by atoms with Crippen molar-refractivity contribution >= 4 is 22.6 Å². The van der Waals surface area contributed by atoms with Gasteiger partial charge >= 0.3 is 0 Å². The monoisotopic (exact) mass is 238 g/mol. The van der Waals surface area contributed by atoms with Crippen molar-refractivity contribution < 1.29 is 13.7 Å². The number of methoxy groups -OCH3 is 2. The minimum atomic E-state index is -0.841. The summed E-state index contributed by atoms with van der Waals surface area (Å²) in [6, 6.07) is 0. The number of ether oxygens (including phenoxy) is 2. The Morgan fingerprint density at radius 2 is 1.71 bits per heavy atom. The zero-order valence-corrected chi connectivity index (χ0v) is 10.7. The van der Waals surface area contributed by atoms with Crippen LogP contribution in [0.2, 0.25) is 0 Å². The molecule has 1 fully saturated rings. The Hall–Kier alpha value is 0.420. The van der Waals surface area contributed by atoms with Crippen LogP contribution in [0.25, 0.3) is 0 Å². The normalized spacial score (nSPS) is 40.0. The highest BCUT2D eigenvalue weighted by Gasteiger charge is 2.48. The maximum absolute atomic E-state index is 11.7. The second-order valence-electron chi connectivity index (χ2n) is 3.53. The molecule has 0 N–H and O–H groups in total. The molecule has 0 spiro atoms. The van der Waals surface area contributed by atoms with Gasteiger partial charge in [0.25, 0.3) is 0 Å². The van der Waals surface area contributed by atoms with E-state index < -0.39 is 10.8 Å². The summed E-state index contributed by atoms with van der Waals surface area (Å²) in [6.07, 6.45) is 5.55. The lowest BCUT2D eigenvalue weighted by atomic mass is 10.3. The van der Waals surface area contributed by atoms with E-state index in [9.17, 15) is 4.21 Å². The van der Waals surface area contributed by atoms with Gasteiger partial charge in [-0.25, -0.2) is 0 Å². The van der Waals surface area contributed by atoms with Gasteiger partial charge in [-0.15, -0.1) is 11.8 Å². The highest BCUT2D eigenvalue weighted by molar-refractivity contribution is 8.11. The van der Waals surface area contributed by atoms with E-state index in [1.165, 1.54) is 0 Å². The summed E-state index contributed by atoms with van der Waals surface area (Å²) < 4.78 is 22.2. The molecule has 0 heterocycles. The van der Waals surface area contributed by atoms with Gasteiger partial charge in [0.05, 0.1) is 16.3 Å². The molecule has 1 saturated carbocycles. The Labute approximate surface area is 92.4 Å². The van der Waals surface area contributed by atoms with Crippen LogP contribution in [-0.2, 0) is 20.3 Å². The van der Waals surface area contributed by atoms with Crippen molar-refractivity contribution in [1.29, 1.82) is 0 Å². The lowest BCUT2D eigenvalue weighted by Gasteiger charge is -2.23. The van der Waals surface area contributed by atoms with Crippen LogP contribution in [0.1, 0.15) is 12.8 Å². The van der Waals surface area contributed by atoms with Crippen molar-refractivity contribution in [2.45, 2.75) is 29.1 Å². The van der Waals surface area contributed by atoms with Gasteiger partial charge in [0, 0.05) is 44.1 Å². The molecule has 14 heavy (non-hydrogen) atoms. The van der Waals surface area contributed by atoms with Crippen molar-refractivity contribution in [3.8, 4) is 0 Å². The lowest BCUT2D eigenvalue weighted by Crippen LogP contribution is -2.27. The van der Waals surface area contributed by atoms with Gasteiger partial charge in [0.15, 0.2) is 0 Å². The standard InChI is InChI=1S/C9H18O3S2/c1-11-7-5-9(13-3,14(4)10)6-8(7)12-2/h7-8H,5-6H2,1-4H3/t7-,8?,9?,14?/m0/s1. The van der Waals surface area contributed by atoms with Gasteiger partial charge in [0.2, 0.25) is 0 Å². The van der Waals surface area contributed by atoms with Gasteiger partial charge in [-0.1, -0.05) is 0 Å². The smallest absolute Gasteiger partial charge is 0.0954 e. The maximum atomic E-state index is 11.7. The minimum absolute atomic E-state index is 0.0800. The van der Waals surface area contributed by atoms with Crippen molar-refractivity contribution in [2.75, 3.05) is 26.7 Å². The van der Waals surface area contributed by atoms with E-state index in [-0.39, 0.29) is 16.3 Å². The van der Waals surface area contributed by atoms with Crippen LogP contribution in [-0.4, -0.2) is 47.2 Å². The minimum Gasteiger partial charge on any atom is -0.379 e. The molecule has 3 unspecified atom stereocenters. The van der Waals surface area contributed by atoms with Crippen molar-refractivity contribution in [3.63, 3.8) is 0 Å². The summed E-state index contributed by atoms with van der Waals surface area (Å²) in [5.74, 6) is 0. The van der Waals surface area contributed by atoms with E-state index >= 15 is 0 Å². The molecule has 0 aliphatic heterocycles. The average molecular weight is 238 g/mol. The van der Waals surface area contributed by atoms with Gasteiger partial charge in [-0.2, -0.15) is 0 Å². The van der Waals surface area contributed by atoms with Gasteiger partial charge in [0.1, 0.15) is 0 Å². The molecule has 0 aromatic rings. The molecule has 84 valence electrons. The van der Waals surface area contributed by atoms with Crippen LogP contribution >= 0.6 is 11.8 Å². The fourth-order valence-electron chi connectivity index (χ4n) is 1.95. The Balaban J connectivity index is 2.80. The third-order valence-electron chi connectivity index (χ3n) is 2.94. The Morgan fingerprint density at radius 3 is 1.93 bits per heavy atom. The molecule has 0 radical (unpaired) electrons. The Bertz CT molecular complexity index is 208. The molecular weight excluding hydrogens is 220 g/mol. The molecule has 0 aromatic carbocycles. The van der Waals surface area contributed by atoms with E-state index in [4.69, 9.17) is 9.47 Å². The van der Waals surface area contributed by atoms with Crippen LogP contribution in [0.5, 0.6) is 0 Å². The summed E-state index contributed by atoms with van der Waals surface area (Å²) in [6.45, 7) is 0. The molecule has 1 rings (SSSR count). The highest BCUT2D eigenvalue weighted by Crippen LogP contribution is 2.44. The topological polar surface area (TPSA) is 35.5 Å². The largest absolute Gasteiger partial charge is 0.379 e. The van der Waals surface area contributed by atoms with Crippen LogP contribution in [0, 0.1) is 0 Å². The summed E-state index contributed by atoms with van der Waals surface area (Å²) in [5.41, 5.74) is 0. The third kappa shape index (κ3) is 2.15. The summed E-state index contributed by atoms with van der Waals surface area (Å²) in [5, 5.41) is 0. The number of hydrogen-bond acceptors (Lipinski definition) is 4. The predicted molar refractivity (Wildman–Crippen MR) is 61.1 cm³/mol. The summed E-state index contributed by atoms with van der Waals surface area (Å²) in [7, 11) is 2.53. The fourth-order valence-corrected chi connectivity index (χ4v) is 4.35. The first-order chi connectivity index (χ1) is 6.59. The SMILES string of the molecule is COC1CC(SC)(S(C)=O)C[C@@H]1OC. The van der Waals surface area contributed by atoms with Crippen molar-refractivity contribution in [3.05, 3.63) is 0 Å². The van der Waals surface area contributed by atoms with Gasteiger partial charge < -0.3 is 9.47 Å². The van der Waals surface area contributed by atoms with E-state index in [0.29, 0.717) is 0 Å². The van der Waals surface area contributed by atoms with E-state index in [1.54, 1.807) is 32.2 Å².